The van der Waals surface area contributed by atoms with E-state index in [2.05, 4.69) is 5.32 Å². The van der Waals surface area contributed by atoms with Crippen molar-refractivity contribution >= 4 is 29.3 Å². The largest absolute Gasteiger partial charge is 0.454 e. The van der Waals surface area contributed by atoms with Crippen molar-refractivity contribution in [1.29, 1.82) is 0 Å². The molecule has 1 aliphatic rings. The maximum Gasteiger partial charge on any atom is 0.331 e. The first kappa shape index (κ1) is 17.0. The molecule has 0 saturated carbocycles. The van der Waals surface area contributed by atoms with Crippen molar-refractivity contribution in [2.45, 2.75) is 6.42 Å². The lowest BCUT2D eigenvalue weighted by Crippen LogP contribution is -2.30. The Morgan fingerprint density at radius 3 is 2.96 bits per heavy atom. The van der Waals surface area contributed by atoms with Gasteiger partial charge in [0, 0.05) is 17.5 Å². The predicted molar refractivity (Wildman–Crippen MR) is 93.6 cm³/mol. The van der Waals surface area contributed by atoms with Crippen LogP contribution in [0.5, 0.6) is 11.5 Å². The first-order valence-corrected chi connectivity index (χ1v) is 8.62. The Bertz CT molecular complexity index is 770. The van der Waals surface area contributed by atoms with Crippen LogP contribution in [-0.4, -0.2) is 31.8 Å². The van der Waals surface area contributed by atoms with E-state index in [1.54, 1.807) is 35.6 Å². The molecule has 2 aromatic rings. The van der Waals surface area contributed by atoms with Crippen LogP contribution in [0.4, 0.5) is 0 Å². The van der Waals surface area contributed by atoms with Crippen LogP contribution in [0.1, 0.15) is 10.4 Å². The van der Waals surface area contributed by atoms with Gasteiger partial charge in [0.1, 0.15) is 0 Å². The summed E-state index contributed by atoms with van der Waals surface area (Å²) in [5.74, 6) is 0.423. The summed E-state index contributed by atoms with van der Waals surface area (Å²) in [5.41, 5.74) is 0.779. The number of esters is 1. The topological polar surface area (TPSA) is 73.9 Å². The zero-order valence-electron chi connectivity index (χ0n) is 13.4. The highest BCUT2D eigenvalue weighted by Gasteiger charge is 2.12. The Kier molecular flexibility index (Phi) is 5.69. The fraction of sp³-hybridized carbons (Fsp3) is 0.222. The molecule has 1 amide bonds. The molecule has 6 nitrogen and oxygen atoms in total. The normalized spacial score (nSPS) is 12.3. The van der Waals surface area contributed by atoms with Gasteiger partial charge in [-0.25, -0.2) is 4.79 Å². The van der Waals surface area contributed by atoms with E-state index < -0.39 is 5.97 Å². The van der Waals surface area contributed by atoms with E-state index in [9.17, 15) is 9.59 Å². The summed E-state index contributed by atoms with van der Waals surface area (Å²) in [6, 6.07) is 9.32. The number of hydrogen-bond acceptors (Lipinski definition) is 6. The van der Waals surface area contributed by atoms with Gasteiger partial charge in [0.15, 0.2) is 18.1 Å². The molecule has 2 heterocycles. The first-order valence-electron chi connectivity index (χ1n) is 7.74. The number of carbonyl (C=O) groups excluding carboxylic acids is 2. The van der Waals surface area contributed by atoms with Crippen LogP contribution in [0, 0.1) is 0 Å². The standard InChI is InChI=1S/C18H17NO5S/c20-17(19-8-7-14-2-1-9-25-14)11-22-18(21)6-4-13-3-5-15-16(10-13)24-12-23-15/h1-6,9-10H,7-8,11-12H2,(H,19,20)/b6-4+. The Labute approximate surface area is 149 Å². The van der Waals surface area contributed by atoms with Crippen LogP contribution in [-0.2, 0) is 20.7 Å². The fourth-order valence-corrected chi connectivity index (χ4v) is 2.91. The Morgan fingerprint density at radius 2 is 2.12 bits per heavy atom. The number of ether oxygens (including phenoxy) is 3. The van der Waals surface area contributed by atoms with E-state index in [1.807, 2.05) is 17.5 Å². The number of hydrogen-bond donors (Lipinski definition) is 1. The molecule has 0 radical (unpaired) electrons. The van der Waals surface area contributed by atoms with Crippen molar-refractivity contribution in [2.75, 3.05) is 19.9 Å². The van der Waals surface area contributed by atoms with Crippen molar-refractivity contribution in [3.8, 4) is 11.5 Å². The highest BCUT2D eigenvalue weighted by Crippen LogP contribution is 2.32. The van der Waals surface area contributed by atoms with Gasteiger partial charge in [0.25, 0.3) is 5.91 Å². The zero-order valence-corrected chi connectivity index (χ0v) is 14.2. The molecule has 3 rings (SSSR count). The third-order valence-corrected chi connectivity index (χ3v) is 4.36. The van der Waals surface area contributed by atoms with Gasteiger partial charge >= 0.3 is 5.97 Å². The quantitative estimate of drug-likeness (QED) is 0.607. The van der Waals surface area contributed by atoms with Crippen LogP contribution in [0.2, 0.25) is 0 Å². The Hall–Kier alpha value is -2.80. The lowest BCUT2D eigenvalue weighted by Gasteiger charge is -2.04. The van der Waals surface area contributed by atoms with Crippen molar-refractivity contribution in [1.82, 2.24) is 5.32 Å². The molecular formula is C18H17NO5S. The van der Waals surface area contributed by atoms with Gasteiger partial charge in [-0.05, 0) is 41.6 Å². The number of fused-ring (bicyclic) bond motifs is 1. The molecule has 1 aliphatic heterocycles. The van der Waals surface area contributed by atoms with E-state index in [0.29, 0.717) is 18.0 Å². The number of amides is 1. The molecular weight excluding hydrogens is 342 g/mol. The van der Waals surface area contributed by atoms with Crippen molar-refractivity contribution in [3.63, 3.8) is 0 Å². The van der Waals surface area contributed by atoms with E-state index in [0.717, 1.165) is 12.0 Å². The van der Waals surface area contributed by atoms with Gasteiger partial charge in [0.05, 0.1) is 0 Å². The molecule has 0 fully saturated rings. The minimum Gasteiger partial charge on any atom is -0.454 e. The smallest absolute Gasteiger partial charge is 0.331 e. The van der Waals surface area contributed by atoms with E-state index in [1.165, 1.54) is 11.0 Å². The summed E-state index contributed by atoms with van der Waals surface area (Å²) in [6.45, 7) is 0.421. The zero-order chi connectivity index (χ0) is 17.5. The molecule has 0 atom stereocenters. The minimum atomic E-state index is -0.578. The average molecular weight is 359 g/mol. The Morgan fingerprint density at radius 1 is 1.24 bits per heavy atom. The van der Waals surface area contributed by atoms with Crippen LogP contribution < -0.4 is 14.8 Å². The van der Waals surface area contributed by atoms with Crippen LogP contribution in [0.25, 0.3) is 6.08 Å². The SMILES string of the molecule is O=C(COC(=O)/C=C/c1ccc2c(c1)OCO2)NCCc1cccs1. The van der Waals surface area contributed by atoms with Gasteiger partial charge in [-0.2, -0.15) is 0 Å². The minimum absolute atomic E-state index is 0.201. The second-order valence-electron chi connectivity index (χ2n) is 5.23. The summed E-state index contributed by atoms with van der Waals surface area (Å²) in [7, 11) is 0. The van der Waals surface area contributed by atoms with Gasteiger partial charge in [-0.15, -0.1) is 11.3 Å². The first-order chi connectivity index (χ1) is 12.2. The summed E-state index contributed by atoms with van der Waals surface area (Å²) < 4.78 is 15.4. The molecule has 25 heavy (non-hydrogen) atoms. The van der Waals surface area contributed by atoms with Crippen molar-refractivity contribution in [3.05, 3.63) is 52.2 Å². The molecule has 0 bridgehead atoms. The third kappa shape index (κ3) is 5.09. The summed E-state index contributed by atoms with van der Waals surface area (Å²) in [6.07, 6.45) is 3.64. The second kappa shape index (κ2) is 8.34. The van der Waals surface area contributed by atoms with Crippen molar-refractivity contribution in [2.24, 2.45) is 0 Å². The van der Waals surface area contributed by atoms with Gasteiger partial charge in [-0.1, -0.05) is 12.1 Å². The Balaban J connectivity index is 1.37. The lowest BCUT2D eigenvalue weighted by atomic mass is 10.2. The number of nitrogens with one attached hydrogen (secondary N) is 1. The van der Waals surface area contributed by atoms with Gasteiger partial charge in [0.2, 0.25) is 6.79 Å². The molecule has 1 N–H and O–H groups in total. The fourth-order valence-electron chi connectivity index (χ4n) is 2.20. The maximum absolute atomic E-state index is 11.7. The van der Waals surface area contributed by atoms with Crippen LogP contribution in [0.15, 0.2) is 41.8 Å². The second-order valence-corrected chi connectivity index (χ2v) is 6.27. The number of carbonyl (C=O) groups is 2. The number of rotatable bonds is 7. The molecule has 130 valence electrons. The third-order valence-electron chi connectivity index (χ3n) is 3.43. The van der Waals surface area contributed by atoms with E-state index >= 15 is 0 Å². The van der Waals surface area contributed by atoms with E-state index in [4.69, 9.17) is 14.2 Å². The summed E-state index contributed by atoms with van der Waals surface area (Å²) in [5, 5.41) is 4.71. The van der Waals surface area contributed by atoms with Crippen molar-refractivity contribution < 1.29 is 23.8 Å². The lowest BCUT2D eigenvalue weighted by molar-refractivity contribution is -0.143. The molecule has 0 unspecified atom stereocenters. The molecule has 0 saturated heterocycles. The highest BCUT2D eigenvalue weighted by molar-refractivity contribution is 7.09. The van der Waals surface area contributed by atoms with Crippen LogP contribution in [0.3, 0.4) is 0 Å². The number of benzene rings is 1. The van der Waals surface area contributed by atoms with Crippen LogP contribution >= 0.6 is 11.3 Å². The highest BCUT2D eigenvalue weighted by atomic mass is 32.1. The molecule has 7 heteroatoms. The maximum atomic E-state index is 11.7. The molecule has 1 aromatic carbocycles. The molecule has 1 aromatic heterocycles. The number of thiophene rings is 1. The summed E-state index contributed by atoms with van der Waals surface area (Å²) in [4.78, 5) is 24.5. The van der Waals surface area contributed by atoms with E-state index in [-0.39, 0.29) is 19.3 Å². The summed E-state index contributed by atoms with van der Waals surface area (Å²) >= 11 is 1.64. The average Bonchev–Trinajstić information content (AvgIpc) is 3.29. The predicted octanol–water partition coefficient (Wildman–Crippen LogP) is 2.39. The monoisotopic (exact) mass is 359 g/mol. The molecule has 0 spiro atoms. The van der Waals surface area contributed by atoms with Gasteiger partial charge < -0.3 is 19.5 Å². The van der Waals surface area contributed by atoms with Gasteiger partial charge in [-0.3, -0.25) is 4.79 Å². The molecule has 0 aliphatic carbocycles.